The molecule has 0 aliphatic heterocycles. The van der Waals surface area contributed by atoms with Gasteiger partial charge in [0.25, 0.3) is 11.5 Å². The fourth-order valence-corrected chi connectivity index (χ4v) is 2.62. The molecule has 0 radical (unpaired) electrons. The number of anilines is 1. The Morgan fingerprint density at radius 2 is 1.79 bits per heavy atom. The number of carbonyl (C=O) groups is 1. The number of hydrogen-bond acceptors (Lipinski definition) is 3. The minimum atomic E-state index is -0.312. The third-order valence-corrected chi connectivity index (χ3v) is 4.24. The molecule has 0 aliphatic carbocycles. The van der Waals surface area contributed by atoms with Crippen molar-refractivity contribution in [1.82, 2.24) is 9.38 Å². The molecule has 122 valence electrons. The van der Waals surface area contributed by atoms with Crippen molar-refractivity contribution >= 4 is 17.2 Å². The van der Waals surface area contributed by atoms with Gasteiger partial charge in [-0.1, -0.05) is 12.1 Å². The molecule has 0 unspecified atom stereocenters. The Hall–Kier alpha value is -2.95. The van der Waals surface area contributed by atoms with Crippen LogP contribution in [-0.2, 0) is 0 Å². The van der Waals surface area contributed by atoms with E-state index >= 15 is 0 Å². The second-order valence-electron chi connectivity index (χ2n) is 6.02. The van der Waals surface area contributed by atoms with Gasteiger partial charge in [-0.25, -0.2) is 4.98 Å². The molecule has 5 nitrogen and oxygen atoms in total. The van der Waals surface area contributed by atoms with Crippen LogP contribution in [0.25, 0.3) is 5.65 Å². The highest BCUT2D eigenvalue weighted by Gasteiger charge is 2.15. The molecule has 1 amide bonds. The number of hydrogen-bond donors (Lipinski definition) is 1. The summed E-state index contributed by atoms with van der Waals surface area (Å²) in [4.78, 5) is 29.7. The highest BCUT2D eigenvalue weighted by Crippen LogP contribution is 2.14. The molecular formula is C19H19N3O2. The summed E-state index contributed by atoms with van der Waals surface area (Å²) in [7, 11) is 0. The molecule has 0 spiro atoms. The van der Waals surface area contributed by atoms with Gasteiger partial charge in [0, 0.05) is 11.8 Å². The van der Waals surface area contributed by atoms with Crippen LogP contribution in [0, 0.1) is 27.7 Å². The first-order valence-corrected chi connectivity index (χ1v) is 7.75. The molecule has 0 saturated heterocycles. The van der Waals surface area contributed by atoms with Crippen LogP contribution in [0.3, 0.4) is 0 Å². The van der Waals surface area contributed by atoms with Gasteiger partial charge in [0.1, 0.15) is 11.3 Å². The minimum Gasteiger partial charge on any atom is -0.316 e. The van der Waals surface area contributed by atoms with Gasteiger partial charge < -0.3 is 5.32 Å². The average Bonchev–Trinajstić information content (AvgIpc) is 2.55. The Balaban J connectivity index is 2.05. The molecular weight excluding hydrogens is 302 g/mol. The maximum absolute atomic E-state index is 12.7. The number of benzene rings is 1. The molecule has 0 fully saturated rings. The smallest absolute Gasteiger partial charge is 0.281 e. The molecule has 0 atom stereocenters. The van der Waals surface area contributed by atoms with Gasteiger partial charge >= 0.3 is 0 Å². The van der Waals surface area contributed by atoms with Crippen LogP contribution >= 0.6 is 0 Å². The first kappa shape index (κ1) is 15.9. The molecule has 24 heavy (non-hydrogen) atoms. The van der Waals surface area contributed by atoms with E-state index < -0.39 is 0 Å². The number of nitrogens with zero attached hydrogens (tertiary/aromatic N) is 2. The molecule has 1 N–H and O–H groups in total. The Kier molecular flexibility index (Phi) is 3.93. The van der Waals surface area contributed by atoms with E-state index in [4.69, 9.17) is 0 Å². The first-order chi connectivity index (χ1) is 11.4. The standard InChI is InChI=1S/C19H19N3O2/c1-11-7-8-15(10-13(11)3)18(23)21-16-14(4)20-17-12(2)6-5-9-22(17)19(16)24/h5-10H,1-4H3,(H,21,23). The van der Waals surface area contributed by atoms with Crippen LogP contribution in [0.5, 0.6) is 0 Å². The van der Waals surface area contributed by atoms with E-state index in [1.807, 2.05) is 39.0 Å². The van der Waals surface area contributed by atoms with Crippen molar-refractivity contribution < 1.29 is 4.79 Å². The van der Waals surface area contributed by atoms with E-state index in [9.17, 15) is 9.59 Å². The highest BCUT2D eigenvalue weighted by atomic mass is 16.2. The zero-order chi connectivity index (χ0) is 17.4. The summed E-state index contributed by atoms with van der Waals surface area (Å²) in [6.45, 7) is 7.56. The fourth-order valence-electron chi connectivity index (χ4n) is 2.62. The number of rotatable bonds is 2. The number of nitrogens with one attached hydrogen (secondary N) is 1. The van der Waals surface area contributed by atoms with Crippen molar-refractivity contribution in [2.75, 3.05) is 5.32 Å². The molecule has 5 heteroatoms. The quantitative estimate of drug-likeness (QED) is 0.788. The highest BCUT2D eigenvalue weighted by molar-refractivity contribution is 6.04. The molecule has 3 rings (SSSR count). The predicted molar refractivity (Wildman–Crippen MR) is 94.8 cm³/mol. The lowest BCUT2D eigenvalue weighted by atomic mass is 10.1. The zero-order valence-electron chi connectivity index (χ0n) is 14.2. The number of fused-ring (bicyclic) bond motifs is 1. The third kappa shape index (κ3) is 2.69. The molecule has 2 aromatic heterocycles. The molecule has 1 aromatic carbocycles. The van der Waals surface area contributed by atoms with Gasteiger partial charge in [0.05, 0.1) is 5.69 Å². The second-order valence-corrected chi connectivity index (χ2v) is 6.02. The van der Waals surface area contributed by atoms with E-state index in [0.717, 1.165) is 16.7 Å². The van der Waals surface area contributed by atoms with E-state index in [1.54, 1.807) is 25.3 Å². The van der Waals surface area contributed by atoms with Crippen LogP contribution in [0.1, 0.15) is 32.7 Å². The molecule has 3 aromatic rings. The number of pyridine rings is 1. The largest absolute Gasteiger partial charge is 0.316 e. The van der Waals surface area contributed by atoms with Crippen LogP contribution in [0.15, 0.2) is 41.3 Å². The monoisotopic (exact) mass is 321 g/mol. The molecule has 0 saturated carbocycles. The lowest BCUT2D eigenvalue weighted by molar-refractivity contribution is 0.102. The topological polar surface area (TPSA) is 63.5 Å². The molecule has 0 aliphatic rings. The van der Waals surface area contributed by atoms with Crippen molar-refractivity contribution in [3.63, 3.8) is 0 Å². The van der Waals surface area contributed by atoms with Gasteiger partial charge in [-0.3, -0.25) is 14.0 Å². The van der Waals surface area contributed by atoms with Crippen LogP contribution in [0.2, 0.25) is 0 Å². The first-order valence-electron chi connectivity index (χ1n) is 7.75. The van der Waals surface area contributed by atoms with Crippen molar-refractivity contribution in [2.24, 2.45) is 0 Å². The van der Waals surface area contributed by atoms with Crippen LogP contribution in [0.4, 0.5) is 5.69 Å². The van der Waals surface area contributed by atoms with Crippen LogP contribution < -0.4 is 10.9 Å². The lowest BCUT2D eigenvalue weighted by Gasteiger charge is -2.11. The van der Waals surface area contributed by atoms with Gasteiger partial charge in [0.2, 0.25) is 0 Å². The summed E-state index contributed by atoms with van der Waals surface area (Å²) in [6, 6.07) is 9.15. The van der Waals surface area contributed by atoms with Crippen molar-refractivity contribution in [3.8, 4) is 0 Å². The Labute approximate surface area is 140 Å². The summed E-state index contributed by atoms with van der Waals surface area (Å²) in [5.74, 6) is -0.312. The van der Waals surface area contributed by atoms with E-state index in [0.29, 0.717) is 16.9 Å². The van der Waals surface area contributed by atoms with Gasteiger partial charge in [-0.15, -0.1) is 0 Å². The van der Waals surface area contributed by atoms with E-state index in [-0.39, 0.29) is 17.2 Å². The van der Waals surface area contributed by atoms with E-state index in [1.165, 1.54) is 4.40 Å². The number of aryl methyl sites for hydroxylation is 4. The number of amides is 1. The van der Waals surface area contributed by atoms with Crippen molar-refractivity contribution in [3.05, 3.63) is 74.8 Å². The fraction of sp³-hybridized carbons (Fsp3) is 0.211. The third-order valence-electron chi connectivity index (χ3n) is 4.24. The Bertz CT molecular complexity index is 1020. The maximum atomic E-state index is 12.7. The Morgan fingerprint density at radius 1 is 1.04 bits per heavy atom. The average molecular weight is 321 g/mol. The van der Waals surface area contributed by atoms with Gasteiger partial charge in [-0.05, 0) is 62.6 Å². The minimum absolute atomic E-state index is 0.210. The predicted octanol–water partition coefficient (Wildman–Crippen LogP) is 3.18. The summed E-state index contributed by atoms with van der Waals surface area (Å²) in [5, 5.41) is 2.72. The van der Waals surface area contributed by atoms with Crippen LogP contribution in [-0.4, -0.2) is 15.3 Å². The zero-order valence-corrected chi connectivity index (χ0v) is 14.2. The Morgan fingerprint density at radius 3 is 2.50 bits per heavy atom. The normalized spacial score (nSPS) is 10.8. The molecule has 0 bridgehead atoms. The SMILES string of the molecule is Cc1ccc(C(=O)Nc2c(C)nc3c(C)cccn3c2=O)cc1C. The summed E-state index contributed by atoms with van der Waals surface area (Å²) in [6.07, 6.45) is 1.66. The van der Waals surface area contributed by atoms with Crippen molar-refractivity contribution in [1.29, 1.82) is 0 Å². The van der Waals surface area contributed by atoms with E-state index in [2.05, 4.69) is 10.3 Å². The van der Waals surface area contributed by atoms with Crippen molar-refractivity contribution in [2.45, 2.75) is 27.7 Å². The summed E-state index contributed by atoms with van der Waals surface area (Å²) < 4.78 is 1.46. The maximum Gasteiger partial charge on any atom is 0.281 e. The summed E-state index contributed by atoms with van der Waals surface area (Å²) in [5.41, 5.74) is 4.61. The number of carbonyl (C=O) groups excluding carboxylic acids is 1. The van der Waals surface area contributed by atoms with Gasteiger partial charge in [0.15, 0.2) is 0 Å². The summed E-state index contributed by atoms with van der Waals surface area (Å²) >= 11 is 0. The molecule has 2 heterocycles. The lowest BCUT2D eigenvalue weighted by Crippen LogP contribution is -2.25. The van der Waals surface area contributed by atoms with Gasteiger partial charge in [-0.2, -0.15) is 0 Å². The second kappa shape index (κ2) is 5.92. The number of aromatic nitrogens is 2.